The molecule has 0 unspecified atom stereocenters. The summed E-state index contributed by atoms with van der Waals surface area (Å²) >= 11 is 0. The van der Waals surface area contributed by atoms with Crippen molar-refractivity contribution in [1.29, 1.82) is 0 Å². The van der Waals surface area contributed by atoms with E-state index >= 15 is 0 Å². The maximum atomic E-state index is 11.2. The number of nitrogens with zero attached hydrogens (tertiary/aromatic N) is 2. The van der Waals surface area contributed by atoms with E-state index in [9.17, 15) is 15.2 Å². The number of nitrogens with one attached hydrogen (secondary N) is 1. The summed E-state index contributed by atoms with van der Waals surface area (Å²) in [6, 6.07) is 12.0. The van der Waals surface area contributed by atoms with Crippen molar-refractivity contribution >= 4 is 22.1 Å². The molecule has 25 heavy (non-hydrogen) atoms. The molecule has 7 heteroatoms. The molecule has 1 atom stereocenters. The van der Waals surface area contributed by atoms with Gasteiger partial charge < -0.3 is 15.2 Å². The zero-order valence-corrected chi connectivity index (χ0v) is 13.5. The molecule has 0 aliphatic carbocycles. The Kier molecular flexibility index (Phi) is 4.76. The van der Waals surface area contributed by atoms with Crippen LogP contribution in [0.3, 0.4) is 0 Å². The van der Waals surface area contributed by atoms with Gasteiger partial charge in [-0.3, -0.25) is 15.1 Å². The van der Waals surface area contributed by atoms with Crippen molar-refractivity contribution < 1.29 is 14.8 Å². The summed E-state index contributed by atoms with van der Waals surface area (Å²) in [7, 11) is 1.55. The van der Waals surface area contributed by atoms with Gasteiger partial charge in [-0.2, -0.15) is 0 Å². The molecule has 0 spiro atoms. The molecule has 0 amide bonds. The van der Waals surface area contributed by atoms with Crippen LogP contribution in [0.5, 0.6) is 5.75 Å². The number of aliphatic hydroxyl groups is 1. The van der Waals surface area contributed by atoms with E-state index in [1.807, 2.05) is 12.1 Å². The molecule has 128 valence electrons. The van der Waals surface area contributed by atoms with Gasteiger partial charge in [0.1, 0.15) is 5.75 Å². The van der Waals surface area contributed by atoms with Gasteiger partial charge in [-0.1, -0.05) is 18.2 Å². The zero-order valence-electron chi connectivity index (χ0n) is 13.5. The second-order valence-electron chi connectivity index (χ2n) is 5.45. The lowest BCUT2D eigenvalue weighted by Gasteiger charge is -2.17. The van der Waals surface area contributed by atoms with Gasteiger partial charge in [-0.25, -0.2) is 0 Å². The first-order valence-electron chi connectivity index (χ1n) is 7.67. The van der Waals surface area contributed by atoms with E-state index in [-0.39, 0.29) is 12.2 Å². The van der Waals surface area contributed by atoms with Crippen LogP contribution in [0.1, 0.15) is 11.7 Å². The Morgan fingerprint density at radius 1 is 1.24 bits per heavy atom. The zero-order chi connectivity index (χ0) is 17.8. The first-order valence-corrected chi connectivity index (χ1v) is 7.67. The van der Waals surface area contributed by atoms with Crippen molar-refractivity contribution in [2.75, 3.05) is 19.0 Å². The van der Waals surface area contributed by atoms with Gasteiger partial charge in [0, 0.05) is 41.6 Å². The molecule has 2 N–H and O–H groups in total. The van der Waals surface area contributed by atoms with E-state index in [1.165, 1.54) is 12.3 Å². The molecule has 2 aromatic carbocycles. The normalized spacial score (nSPS) is 11.9. The quantitative estimate of drug-likeness (QED) is 0.528. The van der Waals surface area contributed by atoms with Gasteiger partial charge in [0.05, 0.1) is 23.5 Å². The average molecular weight is 339 g/mol. The monoisotopic (exact) mass is 339 g/mol. The molecule has 0 bridgehead atoms. The van der Waals surface area contributed by atoms with Gasteiger partial charge in [0.25, 0.3) is 5.69 Å². The van der Waals surface area contributed by atoms with Gasteiger partial charge in [-0.15, -0.1) is 0 Å². The number of anilines is 1. The number of rotatable bonds is 6. The minimum Gasteiger partial charge on any atom is -0.496 e. The molecule has 7 nitrogen and oxygen atoms in total. The molecule has 0 radical (unpaired) electrons. The summed E-state index contributed by atoms with van der Waals surface area (Å²) in [4.78, 5) is 14.7. The van der Waals surface area contributed by atoms with Gasteiger partial charge in [0.15, 0.2) is 0 Å². The minimum absolute atomic E-state index is 0.000993. The predicted octanol–water partition coefficient (Wildman–Crippen LogP) is 3.30. The first-order chi connectivity index (χ1) is 12.1. The molecule has 0 saturated heterocycles. The summed E-state index contributed by atoms with van der Waals surface area (Å²) < 4.78 is 5.26. The van der Waals surface area contributed by atoms with Crippen molar-refractivity contribution in [3.05, 3.63) is 70.5 Å². The van der Waals surface area contributed by atoms with Gasteiger partial charge in [-0.05, 0) is 18.2 Å². The number of aliphatic hydroxyl groups excluding tert-OH is 1. The second-order valence-corrected chi connectivity index (χ2v) is 5.45. The Balaban J connectivity index is 1.87. The van der Waals surface area contributed by atoms with E-state index in [1.54, 1.807) is 37.6 Å². The molecule has 1 heterocycles. The van der Waals surface area contributed by atoms with Gasteiger partial charge >= 0.3 is 0 Å². The number of hydrogen-bond donors (Lipinski definition) is 2. The fourth-order valence-corrected chi connectivity index (χ4v) is 2.75. The van der Waals surface area contributed by atoms with Crippen LogP contribution in [0.15, 0.2) is 54.9 Å². The maximum Gasteiger partial charge on any atom is 0.278 e. The highest BCUT2D eigenvalue weighted by molar-refractivity contribution is 5.99. The van der Waals surface area contributed by atoms with E-state index in [4.69, 9.17) is 4.74 Å². The number of benzene rings is 2. The number of nitro groups is 1. The Morgan fingerprint density at radius 3 is 2.80 bits per heavy atom. The van der Waals surface area contributed by atoms with Crippen molar-refractivity contribution in [3.63, 3.8) is 0 Å². The summed E-state index contributed by atoms with van der Waals surface area (Å²) in [6.45, 7) is 0.232. The Labute approximate surface area is 144 Å². The Hall–Kier alpha value is -3.19. The third kappa shape index (κ3) is 3.36. The highest BCUT2D eigenvalue weighted by Gasteiger charge is 2.16. The number of nitro benzene ring substituents is 1. The largest absolute Gasteiger partial charge is 0.496 e. The number of hydrogen-bond acceptors (Lipinski definition) is 6. The number of pyridine rings is 1. The standard InChI is InChI=1S/C18H17N3O4/c1-25-18-5-3-2-4-13(18)17(22)11-20-15-6-7-16(21(23)24)14-10-19-9-8-12(14)15/h2-10,17,20,22H,11H2,1H3/t17-/m0/s1. The third-order valence-electron chi connectivity index (χ3n) is 3.98. The predicted molar refractivity (Wildman–Crippen MR) is 94.8 cm³/mol. The average Bonchev–Trinajstić information content (AvgIpc) is 2.65. The molecule has 0 aliphatic heterocycles. The molecule has 3 rings (SSSR count). The fraction of sp³-hybridized carbons (Fsp3) is 0.167. The minimum atomic E-state index is -0.789. The maximum absolute atomic E-state index is 11.2. The van der Waals surface area contributed by atoms with Gasteiger partial charge in [0.2, 0.25) is 0 Å². The van der Waals surface area contributed by atoms with E-state index < -0.39 is 11.0 Å². The van der Waals surface area contributed by atoms with Crippen LogP contribution in [0.2, 0.25) is 0 Å². The lowest BCUT2D eigenvalue weighted by Crippen LogP contribution is -2.13. The van der Waals surface area contributed by atoms with Crippen LogP contribution in [0.4, 0.5) is 11.4 Å². The van der Waals surface area contributed by atoms with Crippen LogP contribution in [0.25, 0.3) is 10.8 Å². The van der Waals surface area contributed by atoms with Crippen molar-refractivity contribution in [2.45, 2.75) is 6.10 Å². The van der Waals surface area contributed by atoms with E-state index in [0.717, 1.165) is 0 Å². The number of aromatic nitrogens is 1. The number of ether oxygens (including phenoxy) is 1. The molecule has 0 fully saturated rings. The van der Waals surface area contributed by atoms with Crippen LogP contribution in [0, 0.1) is 10.1 Å². The van der Waals surface area contributed by atoms with E-state index in [2.05, 4.69) is 10.3 Å². The number of non-ortho nitro benzene ring substituents is 1. The smallest absolute Gasteiger partial charge is 0.278 e. The highest BCUT2D eigenvalue weighted by atomic mass is 16.6. The van der Waals surface area contributed by atoms with Crippen molar-refractivity contribution in [1.82, 2.24) is 4.98 Å². The first kappa shape index (κ1) is 16.7. The SMILES string of the molecule is COc1ccccc1[C@@H](O)CNc1ccc([N+](=O)[O-])c2cnccc12. The fourth-order valence-electron chi connectivity index (χ4n) is 2.75. The number of para-hydroxylation sites is 1. The number of methoxy groups -OCH3 is 1. The highest BCUT2D eigenvalue weighted by Crippen LogP contribution is 2.31. The summed E-state index contributed by atoms with van der Waals surface area (Å²) in [6.07, 6.45) is 2.26. The molecule has 3 aromatic rings. The van der Waals surface area contributed by atoms with Crippen molar-refractivity contribution in [2.24, 2.45) is 0 Å². The van der Waals surface area contributed by atoms with Crippen LogP contribution < -0.4 is 10.1 Å². The summed E-state index contributed by atoms with van der Waals surface area (Å²) in [5, 5.41) is 25.9. The summed E-state index contributed by atoms with van der Waals surface area (Å²) in [5.41, 5.74) is 1.36. The number of fused-ring (bicyclic) bond motifs is 1. The molecule has 0 aliphatic rings. The van der Waals surface area contributed by atoms with Crippen LogP contribution in [-0.4, -0.2) is 28.7 Å². The van der Waals surface area contributed by atoms with E-state index in [0.29, 0.717) is 27.8 Å². The topological polar surface area (TPSA) is 97.5 Å². The molecular weight excluding hydrogens is 322 g/mol. The second kappa shape index (κ2) is 7.14. The lowest BCUT2D eigenvalue weighted by atomic mass is 10.1. The molecular formula is C18H17N3O4. The Bertz CT molecular complexity index is 914. The third-order valence-corrected chi connectivity index (χ3v) is 3.98. The van der Waals surface area contributed by atoms with Crippen molar-refractivity contribution in [3.8, 4) is 5.75 Å². The molecule has 0 saturated carbocycles. The summed E-state index contributed by atoms with van der Waals surface area (Å²) in [5.74, 6) is 0.606. The lowest BCUT2D eigenvalue weighted by molar-refractivity contribution is -0.383. The Morgan fingerprint density at radius 2 is 2.04 bits per heavy atom. The van der Waals surface area contributed by atoms with Crippen LogP contribution in [-0.2, 0) is 0 Å². The van der Waals surface area contributed by atoms with Crippen LogP contribution >= 0.6 is 0 Å². The molecule has 1 aromatic heterocycles.